The lowest BCUT2D eigenvalue weighted by Gasteiger charge is -2.19. The summed E-state index contributed by atoms with van der Waals surface area (Å²) in [5, 5.41) is 7.00. The molecule has 0 bridgehead atoms. The Morgan fingerprint density at radius 2 is 1.39 bits per heavy atom. The molecule has 10 nitrogen and oxygen atoms in total. The predicted molar refractivity (Wildman–Crippen MR) is 126 cm³/mol. The van der Waals surface area contributed by atoms with Gasteiger partial charge in [0.05, 0.1) is 13.2 Å². The number of carbonyl (C=O) groups is 3. The molecule has 0 aromatic rings. The van der Waals surface area contributed by atoms with Crippen molar-refractivity contribution in [2.75, 3.05) is 46.6 Å². The van der Waals surface area contributed by atoms with Gasteiger partial charge in [-0.2, -0.15) is 0 Å². The maximum atomic E-state index is 11.3. The van der Waals surface area contributed by atoms with E-state index >= 15 is 0 Å². The Kier molecular flexibility index (Phi) is 18.7. The monoisotopic (exact) mass is 476 g/mol. The van der Waals surface area contributed by atoms with E-state index in [1.807, 2.05) is 20.8 Å². The van der Waals surface area contributed by atoms with Crippen LogP contribution in [0.15, 0.2) is 4.99 Å². The lowest BCUT2D eigenvalue weighted by molar-refractivity contribution is -0.154. The smallest absolute Gasteiger partial charge is 0.328 e. The van der Waals surface area contributed by atoms with Crippen LogP contribution < -0.4 is 5.73 Å². The molecule has 0 unspecified atom stereocenters. The maximum absolute atomic E-state index is 11.3. The Hall–Kier alpha value is -1.88. The second-order valence-electron chi connectivity index (χ2n) is 9.11. The molecule has 0 aromatic carbocycles. The summed E-state index contributed by atoms with van der Waals surface area (Å²) in [6.07, 6.45) is 3.56. The first-order chi connectivity index (χ1) is 15.3. The molecule has 33 heavy (non-hydrogen) atoms. The molecule has 2 fully saturated rings. The quantitative estimate of drug-likeness (QED) is 0.582. The third-order valence-electron chi connectivity index (χ3n) is 3.47. The number of esters is 2. The van der Waals surface area contributed by atoms with E-state index in [-0.39, 0.29) is 30.8 Å². The maximum Gasteiger partial charge on any atom is 0.328 e. The molecule has 0 aliphatic carbocycles. The Labute approximate surface area is 198 Å². The fourth-order valence-corrected chi connectivity index (χ4v) is 2.33. The van der Waals surface area contributed by atoms with Crippen molar-refractivity contribution < 1.29 is 38.4 Å². The molecule has 0 saturated carbocycles. The van der Waals surface area contributed by atoms with Crippen LogP contribution in [0.5, 0.6) is 0 Å². The lowest BCUT2D eigenvalue weighted by atomic mass is 10.2. The van der Waals surface area contributed by atoms with E-state index < -0.39 is 11.2 Å². The average molecular weight is 477 g/mol. The molecule has 0 aromatic heterocycles. The van der Waals surface area contributed by atoms with E-state index in [0.717, 1.165) is 51.7 Å². The van der Waals surface area contributed by atoms with Crippen molar-refractivity contribution in [1.82, 2.24) is 0 Å². The van der Waals surface area contributed by atoms with Gasteiger partial charge in [0.1, 0.15) is 24.4 Å². The molecular weight excluding hydrogens is 432 g/mol. The minimum Gasteiger partial charge on any atom is -0.459 e. The number of rotatable bonds is 3. The summed E-state index contributed by atoms with van der Waals surface area (Å²) < 4.78 is 20.0. The van der Waals surface area contributed by atoms with Gasteiger partial charge in [-0.25, -0.2) is 0 Å². The summed E-state index contributed by atoms with van der Waals surface area (Å²) >= 11 is 0. The second kappa shape index (κ2) is 18.5. The van der Waals surface area contributed by atoms with E-state index in [1.54, 1.807) is 20.8 Å². The first-order valence-electron chi connectivity index (χ1n) is 11.1. The standard InChI is InChI=1S/C11H19NO3.C6H13NO2.C5H8O2.CH4O/c1-11(2,3)15-10(13)7-12-9-5-4-6-14-8-9;1-6(2,3)9-5(8)4-7;6-5-2-1-3-7-4-5;1-2/h4-8H2,1-3H3;4,7H2,1-3H3;1-4H2;2H,1H3. The van der Waals surface area contributed by atoms with Crippen LogP contribution in [-0.2, 0) is 33.3 Å². The Bertz CT molecular complexity index is 576. The van der Waals surface area contributed by atoms with Gasteiger partial charge in [-0.3, -0.25) is 19.4 Å². The molecule has 0 atom stereocenters. The minimum absolute atomic E-state index is 0.0444. The zero-order valence-corrected chi connectivity index (χ0v) is 21.4. The second-order valence-corrected chi connectivity index (χ2v) is 9.11. The summed E-state index contributed by atoms with van der Waals surface area (Å²) in [4.78, 5) is 36.3. The van der Waals surface area contributed by atoms with Gasteiger partial charge < -0.3 is 29.8 Å². The zero-order valence-electron chi connectivity index (χ0n) is 21.4. The Balaban J connectivity index is 0. The van der Waals surface area contributed by atoms with E-state index in [9.17, 15) is 14.4 Å². The summed E-state index contributed by atoms with van der Waals surface area (Å²) in [6, 6.07) is 0. The van der Waals surface area contributed by atoms with Crippen molar-refractivity contribution in [1.29, 1.82) is 0 Å². The summed E-state index contributed by atoms with van der Waals surface area (Å²) in [6.45, 7) is 13.5. The highest BCUT2D eigenvalue weighted by Crippen LogP contribution is 2.08. The Morgan fingerprint density at radius 1 is 0.909 bits per heavy atom. The van der Waals surface area contributed by atoms with Crippen molar-refractivity contribution in [2.24, 2.45) is 10.7 Å². The van der Waals surface area contributed by atoms with Gasteiger partial charge in [0.25, 0.3) is 0 Å². The van der Waals surface area contributed by atoms with Crippen molar-refractivity contribution in [2.45, 2.75) is 78.4 Å². The molecule has 194 valence electrons. The van der Waals surface area contributed by atoms with Crippen molar-refractivity contribution >= 4 is 23.4 Å². The number of carbonyl (C=O) groups excluding carboxylic acids is 3. The number of ketones is 1. The van der Waals surface area contributed by atoms with Crippen LogP contribution in [0.1, 0.15) is 67.2 Å². The number of hydrogen-bond acceptors (Lipinski definition) is 10. The normalized spacial score (nSPS) is 17.2. The molecule has 2 aliphatic heterocycles. The van der Waals surface area contributed by atoms with E-state index in [2.05, 4.69) is 4.99 Å². The molecule has 2 heterocycles. The zero-order chi connectivity index (χ0) is 25.9. The number of Topliss-reactive ketones (excluding diaryl/α,β-unsaturated/α-hetero) is 1. The molecule has 10 heteroatoms. The molecule has 2 rings (SSSR count). The summed E-state index contributed by atoms with van der Waals surface area (Å²) in [5.74, 6) is -0.394. The topological polar surface area (TPSA) is 147 Å². The van der Waals surface area contributed by atoms with Crippen LogP contribution >= 0.6 is 0 Å². The van der Waals surface area contributed by atoms with Crippen molar-refractivity contribution in [3.05, 3.63) is 0 Å². The van der Waals surface area contributed by atoms with Gasteiger partial charge in [0, 0.05) is 32.5 Å². The number of nitrogens with two attached hydrogens (primary N) is 1. The third-order valence-corrected chi connectivity index (χ3v) is 3.47. The van der Waals surface area contributed by atoms with Crippen LogP contribution in [0.2, 0.25) is 0 Å². The summed E-state index contributed by atoms with van der Waals surface area (Å²) in [7, 11) is 1.00. The van der Waals surface area contributed by atoms with Gasteiger partial charge in [-0.05, 0) is 60.8 Å². The highest BCUT2D eigenvalue weighted by atomic mass is 16.6. The number of aliphatic hydroxyl groups excluding tert-OH is 1. The van der Waals surface area contributed by atoms with Crippen molar-refractivity contribution in [3.8, 4) is 0 Å². The van der Waals surface area contributed by atoms with Gasteiger partial charge in [0.2, 0.25) is 0 Å². The van der Waals surface area contributed by atoms with E-state index in [1.165, 1.54) is 0 Å². The number of ether oxygens (including phenoxy) is 4. The average Bonchev–Trinajstić information content (AvgIpc) is 2.73. The molecular formula is C23H44N2O8. The first-order valence-corrected chi connectivity index (χ1v) is 11.1. The largest absolute Gasteiger partial charge is 0.459 e. The lowest BCUT2D eigenvalue weighted by Crippen LogP contribution is -2.28. The van der Waals surface area contributed by atoms with Gasteiger partial charge in [-0.15, -0.1) is 0 Å². The van der Waals surface area contributed by atoms with Gasteiger partial charge in [-0.1, -0.05) is 0 Å². The Morgan fingerprint density at radius 3 is 1.70 bits per heavy atom. The SMILES string of the molecule is CC(C)(C)OC(=O)CN.CC(C)(C)OC(=O)CN=C1CCCOC1.CO.O=C1CCCOC1. The van der Waals surface area contributed by atoms with Gasteiger partial charge in [0.15, 0.2) is 5.78 Å². The molecule has 3 N–H and O–H groups in total. The minimum atomic E-state index is -0.430. The molecule has 0 spiro atoms. The molecule has 0 radical (unpaired) electrons. The molecule has 2 saturated heterocycles. The number of nitrogens with zero attached hydrogens (tertiary/aromatic N) is 1. The summed E-state index contributed by atoms with van der Waals surface area (Å²) in [5.41, 5.74) is 5.13. The first kappa shape index (κ1) is 33.3. The number of aliphatic imine (C=N–C) groups is 1. The van der Waals surface area contributed by atoms with E-state index in [0.29, 0.717) is 13.2 Å². The fourth-order valence-electron chi connectivity index (χ4n) is 2.33. The number of aliphatic hydroxyl groups is 1. The molecule has 0 amide bonds. The van der Waals surface area contributed by atoms with Crippen LogP contribution in [0.3, 0.4) is 0 Å². The van der Waals surface area contributed by atoms with Gasteiger partial charge >= 0.3 is 11.9 Å². The molecule has 2 aliphatic rings. The highest BCUT2D eigenvalue weighted by Gasteiger charge is 2.16. The van der Waals surface area contributed by atoms with Crippen LogP contribution in [0.25, 0.3) is 0 Å². The number of hydrogen-bond donors (Lipinski definition) is 2. The third kappa shape index (κ3) is 24.6. The predicted octanol–water partition coefficient (Wildman–Crippen LogP) is 1.84. The van der Waals surface area contributed by atoms with E-state index in [4.69, 9.17) is 29.8 Å². The highest BCUT2D eigenvalue weighted by molar-refractivity contribution is 5.88. The van der Waals surface area contributed by atoms with Crippen molar-refractivity contribution in [3.63, 3.8) is 0 Å². The van der Waals surface area contributed by atoms with Crippen LogP contribution in [-0.4, -0.2) is 86.4 Å². The fraction of sp³-hybridized carbons (Fsp3) is 0.826. The van der Waals surface area contributed by atoms with Crippen LogP contribution in [0.4, 0.5) is 0 Å². The van der Waals surface area contributed by atoms with Crippen LogP contribution in [0, 0.1) is 0 Å².